The summed E-state index contributed by atoms with van der Waals surface area (Å²) in [6.45, 7) is 3.33. The van der Waals surface area contributed by atoms with Crippen molar-refractivity contribution in [3.63, 3.8) is 0 Å². The van der Waals surface area contributed by atoms with Gasteiger partial charge in [0, 0.05) is 18.0 Å². The minimum atomic E-state index is 0.0367. The second kappa shape index (κ2) is 1.64. The molecule has 0 bridgehead atoms. The van der Waals surface area contributed by atoms with Crippen LogP contribution in [-0.4, -0.2) is 23.3 Å². The predicted octanol–water partition coefficient (Wildman–Crippen LogP) is 0.365. The zero-order valence-corrected chi connectivity index (χ0v) is 6.88. The molecule has 2 N–H and O–H groups in total. The molecule has 2 unspecified atom stereocenters. The summed E-state index contributed by atoms with van der Waals surface area (Å²) in [7, 11) is 0. The highest BCUT2D eigenvalue weighted by Crippen LogP contribution is 2.64. The van der Waals surface area contributed by atoms with E-state index in [1.165, 1.54) is 12.8 Å². The molecule has 1 aliphatic heterocycles. The molecular formula is C9H15NO. The van der Waals surface area contributed by atoms with Crippen LogP contribution >= 0.6 is 0 Å². The molecule has 0 aromatic carbocycles. The number of aliphatic hydroxyl groups is 1. The van der Waals surface area contributed by atoms with Gasteiger partial charge in [0.25, 0.3) is 0 Å². The first-order valence-corrected chi connectivity index (χ1v) is 4.71. The van der Waals surface area contributed by atoms with Gasteiger partial charge in [0.15, 0.2) is 0 Å². The molecule has 3 fully saturated rings. The van der Waals surface area contributed by atoms with Gasteiger partial charge in [-0.1, -0.05) is 6.92 Å². The first-order valence-electron chi connectivity index (χ1n) is 4.71. The van der Waals surface area contributed by atoms with Gasteiger partial charge in [0.1, 0.15) is 0 Å². The van der Waals surface area contributed by atoms with Gasteiger partial charge in [-0.3, -0.25) is 0 Å². The molecule has 0 radical (unpaired) electrons. The van der Waals surface area contributed by atoms with Gasteiger partial charge in [0.05, 0.1) is 6.10 Å². The van der Waals surface area contributed by atoms with E-state index in [4.69, 9.17) is 0 Å². The van der Waals surface area contributed by atoms with E-state index in [0.717, 1.165) is 12.5 Å². The van der Waals surface area contributed by atoms with Gasteiger partial charge in [-0.05, 0) is 24.7 Å². The predicted molar refractivity (Wildman–Crippen MR) is 42.1 cm³/mol. The summed E-state index contributed by atoms with van der Waals surface area (Å²) in [6, 6.07) is 0. The normalized spacial score (nSPS) is 64.9. The molecule has 0 aromatic rings. The van der Waals surface area contributed by atoms with E-state index in [1.54, 1.807) is 0 Å². The summed E-state index contributed by atoms with van der Waals surface area (Å²) in [6.07, 6.45) is 2.51. The molecule has 2 saturated carbocycles. The summed E-state index contributed by atoms with van der Waals surface area (Å²) in [5, 5.41) is 13.2. The summed E-state index contributed by atoms with van der Waals surface area (Å²) >= 11 is 0. The van der Waals surface area contributed by atoms with Gasteiger partial charge in [-0.15, -0.1) is 0 Å². The largest absolute Gasteiger partial charge is 0.392 e. The van der Waals surface area contributed by atoms with Gasteiger partial charge in [-0.2, -0.15) is 0 Å². The third-order valence-electron chi connectivity index (χ3n) is 4.36. The molecule has 2 heteroatoms. The Balaban J connectivity index is 1.89. The Kier molecular flexibility index (Phi) is 0.961. The van der Waals surface area contributed by atoms with Crippen LogP contribution in [0, 0.1) is 17.8 Å². The van der Waals surface area contributed by atoms with Crippen LogP contribution in [0.3, 0.4) is 0 Å². The molecule has 0 aromatic heterocycles. The van der Waals surface area contributed by atoms with Crippen LogP contribution in [-0.2, 0) is 0 Å². The maximum absolute atomic E-state index is 9.59. The van der Waals surface area contributed by atoms with Crippen molar-refractivity contribution in [1.82, 2.24) is 5.32 Å². The molecule has 1 heterocycles. The molecule has 0 spiro atoms. The van der Waals surface area contributed by atoms with Crippen LogP contribution < -0.4 is 5.32 Å². The van der Waals surface area contributed by atoms with Crippen LogP contribution in [0.25, 0.3) is 0 Å². The third-order valence-corrected chi connectivity index (χ3v) is 4.36. The SMILES string of the molecule is CC[C@@]12CC3C1[C@H](CN2)[C@@H]3O. The quantitative estimate of drug-likeness (QED) is 0.570. The van der Waals surface area contributed by atoms with E-state index in [0.29, 0.717) is 17.4 Å². The van der Waals surface area contributed by atoms with Crippen LogP contribution in [0.4, 0.5) is 0 Å². The first-order chi connectivity index (χ1) is 5.28. The lowest BCUT2D eigenvalue weighted by Crippen LogP contribution is -2.68. The van der Waals surface area contributed by atoms with Crippen LogP contribution in [0.2, 0.25) is 0 Å². The summed E-state index contributed by atoms with van der Waals surface area (Å²) in [5.74, 6) is 2.10. The van der Waals surface area contributed by atoms with E-state index in [9.17, 15) is 5.11 Å². The highest BCUT2D eigenvalue weighted by atomic mass is 16.3. The topological polar surface area (TPSA) is 32.3 Å². The Labute approximate surface area is 67.0 Å². The number of aliphatic hydroxyl groups excluding tert-OH is 1. The Morgan fingerprint density at radius 1 is 1.55 bits per heavy atom. The zero-order valence-electron chi connectivity index (χ0n) is 6.88. The number of rotatable bonds is 1. The first kappa shape index (κ1) is 6.44. The smallest absolute Gasteiger partial charge is 0.0616 e. The third kappa shape index (κ3) is 0.482. The highest BCUT2D eigenvalue weighted by Gasteiger charge is 2.70. The minimum Gasteiger partial charge on any atom is -0.392 e. The Bertz CT molecular complexity index is 206. The maximum Gasteiger partial charge on any atom is 0.0616 e. The summed E-state index contributed by atoms with van der Waals surface area (Å²) < 4.78 is 0. The molecule has 0 amide bonds. The molecule has 2 aliphatic carbocycles. The van der Waals surface area contributed by atoms with Crippen molar-refractivity contribution in [2.45, 2.75) is 31.4 Å². The lowest BCUT2D eigenvalue weighted by molar-refractivity contribution is -0.174. The molecular weight excluding hydrogens is 138 g/mol. The van der Waals surface area contributed by atoms with Gasteiger partial charge < -0.3 is 10.4 Å². The molecule has 1 saturated heterocycles. The molecule has 3 aliphatic rings. The standard InChI is InChI=1S/C9H15NO/c1-2-9-3-5-7(9)6(4-10-9)8(5)11/h5-8,10-11H,2-4H2,1H3/t5?,6-,7?,8+,9+/m0/s1. The molecule has 11 heavy (non-hydrogen) atoms. The number of hydrogen-bond donors (Lipinski definition) is 2. The van der Waals surface area contributed by atoms with Crippen molar-refractivity contribution in [1.29, 1.82) is 0 Å². The lowest BCUT2D eigenvalue weighted by atomic mass is 9.44. The second-order valence-corrected chi connectivity index (χ2v) is 4.44. The fourth-order valence-electron chi connectivity index (χ4n) is 3.64. The lowest BCUT2D eigenvalue weighted by Gasteiger charge is -2.62. The second-order valence-electron chi connectivity index (χ2n) is 4.44. The maximum atomic E-state index is 9.59. The van der Waals surface area contributed by atoms with E-state index in [-0.39, 0.29) is 6.10 Å². The van der Waals surface area contributed by atoms with Gasteiger partial charge in [-0.25, -0.2) is 0 Å². The van der Waals surface area contributed by atoms with Gasteiger partial charge >= 0.3 is 0 Å². The number of hydrogen-bond acceptors (Lipinski definition) is 2. The fraction of sp³-hybridized carbons (Fsp3) is 1.00. The molecule has 62 valence electrons. The summed E-state index contributed by atoms with van der Waals surface area (Å²) in [4.78, 5) is 0. The van der Waals surface area contributed by atoms with Crippen LogP contribution in [0.5, 0.6) is 0 Å². The van der Waals surface area contributed by atoms with Crippen molar-refractivity contribution in [2.24, 2.45) is 17.8 Å². The van der Waals surface area contributed by atoms with Crippen LogP contribution in [0.15, 0.2) is 0 Å². The average Bonchev–Trinajstić information content (AvgIpc) is 2.12. The molecule has 5 atom stereocenters. The van der Waals surface area contributed by atoms with Gasteiger partial charge in [0.2, 0.25) is 0 Å². The van der Waals surface area contributed by atoms with Crippen molar-refractivity contribution < 1.29 is 5.11 Å². The fourth-order valence-corrected chi connectivity index (χ4v) is 3.64. The average molecular weight is 153 g/mol. The Hall–Kier alpha value is -0.0800. The van der Waals surface area contributed by atoms with E-state index in [2.05, 4.69) is 12.2 Å². The minimum absolute atomic E-state index is 0.0367. The number of nitrogens with one attached hydrogen (secondary N) is 1. The van der Waals surface area contributed by atoms with Crippen LogP contribution in [0.1, 0.15) is 19.8 Å². The Morgan fingerprint density at radius 3 is 3.09 bits per heavy atom. The van der Waals surface area contributed by atoms with Crippen molar-refractivity contribution in [3.8, 4) is 0 Å². The Morgan fingerprint density at radius 2 is 2.36 bits per heavy atom. The molecule has 3 rings (SSSR count). The molecule has 2 nitrogen and oxygen atoms in total. The van der Waals surface area contributed by atoms with Crippen molar-refractivity contribution >= 4 is 0 Å². The monoisotopic (exact) mass is 153 g/mol. The van der Waals surface area contributed by atoms with Crippen molar-refractivity contribution in [2.75, 3.05) is 6.54 Å². The van der Waals surface area contributed by atoms with Crippen molar-refractivity contribution in [3.05, 3.63) is 0 Å². The van der Waals surface area contributed by atoms with E-state index in [1.807, 2.05) is 0 Å². The highest BCUT2D eigenvalue weighted by molar-refractivity contribution is 5.24. The summed E-state index contributed by atoms with van der Waals surface area (Å²) in [5.41, 5.74) is 0.467. The van der Waals surface area contributed by atoms with E-state index >= 15 is 0 Å². The van der Waals surface area contributed by atoms with E-state index < -0.39 is 0 Å². The zero-order chi connectivity index (χ0) is 7.64.